The quantitative estimate of drug-likeness (QED) is 0.597. The van der Waals surface area contributed by atoms with E-state index in [1.54, 1.807) is 0 Å². The molecule has 1 heterocycles. The minimum atomic E-state index is -0.235. The molecule has 1 aliphatic rings. The highest BCUT2D eigenvalue weighted by atomic mass is 16.1. The number of hydrogen-bond donors (Lipinski definition) is 3. The van der Waals surface area contributed by atoms with Gasteiger partial charge in [0.1, 0.15) is 0 Å². The van der Waals surface area contributed by atoms with Crippen molar-refractivity contribution in [3.63, 3.8) is 0 Å². The normalized spacial score (nSPS) is 25.1. The number of rotatable bonds is 6. The van der Waals surface area contributed by atoms with E-state index in [0.717, 1.165) is 13.0 Å². The Morgan fingerprint density at radius 2 is 2.27 bits per heavy atom. The zero-order valence-electron chi connectivity index (χ0n) is 9.75. The molecular formula is C11H23N3O. The molecule has 1 saturated heterocycles. The second kappa shape index (κ2) is 6.08. The van der Waals surface area contributed by atoms with Gasteiger partial charge in [-0.3, -0.25) is 4.79 Å². The van der Waals surface area contributed by atoms with Gasteiger partial charge >= 0.3 is 0 Å². The molecule has 1 rings (SSSR count). The molecule has 4 N–H and O–H groups in total. The van der Waals surface area contributed by atoms with Crippen molar-refractivity contribution in [1.82, 2.24) is 10.6 Å². The van der Waals surface area contributed by atoms with Crippen LogP contribution in [0.25, 0.3) is 0 Å². The molecule has 1 aliphatic heterocycles. The minimum Gasteiger partial charge on any atom is -0.370 e. The highest BCUT2D eigenvalue weighted by Crippen LogP contribution is 2.11. The van der Waals surface area contributed by atoms with Gasteiger partial charge in [-0.2, -0.15) is 0 Å². The fourth-order valence-electron chi connectivity index (χ4n) is 2.30. The van der Waals surface area contributed by atoms with Crippen LogP contribution in [0, 0.1) is 0 Å². The molecule has 0 aromatic carbocycles. The highest BCUT2D eigenvalue weighted by molar-refractivity contribution is 5.74. The summed E-state index contributed by atoms with van der Waals surface area (Å²) in [7, 11) is 0. The van der Waals surface area contributed by atoms with Crippen LogP contribution in [-0.2, 0) is 4.79 Å². The molecule has 4 nitrogen and oxygen atoms in total. The number of nitrogens with one attached hydrogen (secondary N) is 2. The standard InChI is InChI=1S/C11H23N3O/c1-8(6-10-4-3-5-13-10)14-9(2)7-11(12)15/h8-10,13-14H,3-7H2,1-2H3,(H2,12,15). The maximum Gasteiger partial charge on any atom is 0.218 e. The first-order valence-corrected chi connectivity index (χ1v) is 5.85. The zero-order valence-corrected chi connectivity index (χ0v) is 9.75. The van der Waals surface area contributed by atoms with E-state index in [0.29, 0.717) is 18.5 Å². The summed E-state index contributed by atoms with van der Waals surface area (Å²) >= 11 is 0. The smallest absolute Gasteiger partial charge is 0.218 e. The van der Waals surface area contributed by atoms with Crippen LogP contribution in [0.5, 0.6) is 0 Å². The maximum absolute atomic E-state index is 10.7. The van der Waals surface area contributed by atoms with Gasteiger partial charge in [-0.25, -0.2) is 0 Å². The lowest BCUT2D eigenvalue weighted by Crippen LogP contribution is -2.40. The van der Waals surface area contributed by atoms with Gasteiger partial charge in [0, 0.05) is 24.5 Å². The Kier molecular flexibility index (Phi) is 5.05. The van der Waals surface area contributed by atoms with Gasteiger partial charge in [-0.15, -0.1) is 0 Å². The van der Waals surface area contributed by atoms with E-state index in [9.17, 15) is 4.79 Å². The Labute approximate surface area is 92.0 Å². The third kappa shape index (κ3) is 5.14. The Bertz CT molecular complexity index is 202. The van der Waals surface area contributed by atoms with Gasteiger partial charge in [0.05, 0.1) is 0 Å². The van der Waals surface area contributed by atoms with Crippen molar-refractivity contribution in [2.75, 3.05) is 6.54 Å². The van der Waals surface area contributed by atoms with Crippen molar-refractivity contribution in [3.05, 3.63) is 0 Å². The third-order valence-electron chi connectivity index (χ3n) is 2.88. The lowest BCUT2D eigenvalue weighted by molar-refractivity contribution is -0.118. The molecule has 0 saturated carbocycles. The summed E-state index contributed by atoms with van der Waals surface area (Å²) in [5.74, 6) is -0.235. The second-order valence-electron chi connectivity index (χ2n) is 4.67. The average molecular weight is 213 g/mol. The Hall–Kier alpha value is -0.610. The fourth-order valence-corrected chi connectivity index (χ4v) is 2.30. The third-order valence-corrected chi connectivity index (χ3v) is 2.88. The van der Waals surface area contributed by atoms with E-state index < -0.39 is 0 Å². The summed E-state index contributed by atoms with van der Waals surface area (Å²) in [5, 5.41) is 6.87. The Morgan fingerprint density at radius 3 is 2.80 bits per heavy atom. The predicted octanol–water partition coefficient (Wildman–Crippen LogP) is 0.371. The van der Waals surface area contributed by atoms with Crippen LogP contribution < -0.4 is 16.4 Å². The molecule has 0 aromatic rings. The number of nitrogens with two attached hydrogens (primary N) is 1. The monoisotopic (exact) mass is 213 g/mol. The van der Waals surface area contributed by atoms with Crippen molar-refractivity contribution in [2.24, 2.45) is 5.73 Å². The summed E-state index contributed by atoms with van der Waals surface area (Å²) in [5.41, 5.74) is 5.14. The molecule has 0 spiro atoms. The summed E-state index contributed by atoms with van der Waals surface area (Å²) < 4.78 is 0. The number of carbonyl (C=O) groups is 1. The number of primary amides is 1. The molecule has 0 radical (unpaired) electrons. The van der Waals surface area contributed by atoms with Crippen LogP contribution in [0.2, 0.25) is 0 Å². The molecule has 1 amide bonds. The average Bonchev–Trinajstić information content (AvgIpc) is 2.53. The van der Waals surface area contributed by atoms with E-state index in [4.69, 9.17) is 5.73 Å². The molecule has 1 fully saturated rings. The van der Waals surface area contributed by atoms with E-state index in [1.807, 2.05) is 6.92 Å². The molecule has 88 valence electrons. The number of hydrogen-bond acceptors (Lipinski definition) is 3. The summed E-state index contributed by atoms with van der Waals surface area (Å²) in [6.07, 6.45) is 4.11. The van der Waals surface area contributed by atoms with Gasteiger partial charge in [-0.05, 0) is 39.7 Å². The Balaban J connectivity index is 2.16. The summed E-state index contributed by atoms with van der Waals surface area (Å²) in [6.45, 7) is 5.31. The predicted molar refractivity (Wildman–Crippen MR) is 61.5 cm³/mol. The van der Waals surface area contributed by atoms with Gasteiger partial charge in [-0.1, -0.05) is 0 Å². The van der Waals surface area contributed by atoms with Crippen molar-refractivity contribution in [2.45, 2.75) is 57.7 Å². The van der Waals surface area contributed by atoms with Crippen LogP contribution >= 0.6 is 0 Å². The van der Waals surface area contributed by atoms with Crippen LogP contribution in [0.4, 0.5) is 0 Å². The fraction of sp³-hybridized carbons (Fsp3) is 0.909. The van der Waals surface area contributed by atoms with E-state index in [2.05, 4.69) is 17.6 Å². The molecule has 0 bridgehead atoms. The van der Waals surface area contributed by atoms with Crippen LogP contribution in [0.1, 0.15) is 39.5 Å². The van der Waals surface area contributed by atoms with Gasteiger partial charge in [0.15, 0.2) is 0 Å². The first kappa shape index (κ1) is 12.5. The molecule has 3 atom stereocenters. The molecule has 15 heavy (non-hydrogen) atoms. The molecule has 3 unspecified atom stereocenters. The van der Waals surface area contributed by atoms with E-state index >= 15 is 0 Å². The summed E-state index contributed by atoms with van der Waals surface area (Å²) in [6, 6.07) is 1.27. The zero-order chi connectivity index (χ0) is 11.3. The number of carbonyl (C=O) groups excluding carboxylic acids is 1. The topological polar surface area (TPSA) is 67.2 Å². The SMILES string of the molecule is CC(CC(N)=O)NC(C)CC1CCCN1. The van der Waals surface area contributed by atoms with E-state index in [-0.39, 0.29) is 11.9 Å². The van der Waals surface area contributed by atoms with Crippen molar-refractivity contribution >= 4 is 5.91 Å². The summed E-state index contributed by atoms with van der Waals surface area (Å²) in [4.78, 5) is 10.7. The van der Waals surface area contributed by atoms with Crippen LogP contribution in [-0.4, -0.2) is 30.6 Å². The lowest BCUT2D eigenvalue weighted by Gasteiger charge is -2.21. The van der Waals surface area contributed by atoms with Gasteiger partial charge in [0.25, 0.3) is 0 Å². The van der Waals surface area contributed by atoms with Crippen LogP contribution in [0.15, 0.2) is 0 Å². The highest BCUT2D eigenvalue weighted by Gasteiger charge is 2.18. The minimum absolute atomic E-state index is 0.180. The second-order valence-corrected chi connectivity index (χ2v) is 4.67. The first-order chi connectivity index (χ1) is 7.08. The largest absolute Gasteiger partial charge is 0.370 e. The first-order valence-electron chi connectivity index (χ1n) is 5.85. The van der Waals surface area contributed by atoms with Gasteiger partial charge in [0.2, 0.25) is 5.91 Å². The lowest BCUT2D eigenvalue weighted by atomic mass is 10.1. The molecular weight excluding hydrogens is 190 g/mol. The molecule has 0 aromatic heterocycles. The Morgan fingerprint density at radius 1 is 1.53 bits per heavy atom. The number of amides is 1. The molecule has 4 heteroatoms. The maximum atomic E-state index is 10.7. The van der Waals surface area contributed by atoms with E-state index in [1.165, 1.54) is 12.8 Å². The van der Waals surface area contributed by atoms with Crippen molar-refractivity contribution < 1.29 is 4.79 Å². The van der Waals surface area contributed by atoms with Crippen molar-refractivity contribution in [1.29, 1.82) is 0 Å². The van der Waals surface area contributed by atoms with Crippen molar-refractivity contribution in [3.8, 4) is 0 Å². The van der Waals surface area contributed by atoms with Crippen LogP contribution in [0.3, 0.4) is 0 Å². The molecule has 0 aliphatic carbocycles. The van der Waals surface area contributed by atoms with Gasteiger partial charge < -0.3 is 16.4 Å².